The maximum absolute atomic E-state index is 5.95. The van der Waals surface area contributed by atoms with Crippen LogP contribution in [-0.4, -0.2) is 87.5 Å². The number of aliphatic imine (C=N–C) groups is 1. The van der Waals surface area contributed by atoms with Crippen LogP contribution in [-0.2, 0) is 9.47 Å². The van der Waals surface area contributed by atoms with E-state index in [0.717, 1.165) is 70.0 Å². The smallest absolute Gasteiger partial charge is 0.193 e. The molecule has 0 aliphatic carbocycles. The molecule has 7 heteroatoms. The number of piperidine rings is 1. The zero-order valence-corrected chi connectivity index (χ0v) is 19.0. The number of guanidine groups is 1. The quantitative estimate of drug-likeness (QED) is 0.379. The lowest BCUT2D eigenvalue weighted by Gasteiger charge is -2.38. The van der Waals surface area contributed by atoms with Gasteiger partial charge in [-0.15, -0.1) is 24.0 Å². The molecule has 0 saturated carbocycles. The highest BCUT2D eigenvalue weighted by Crippen LogP contribution is 2.21. The van der Waals surface area contributed by atoms with Crippen LogP contribution in [0.5, 0.6) is 0 Å². The molecular formula is C19H37IN4O2. The fraction of sp³-hybridized carbons (Fsp3) is 0.947. The Kier molecular flexibility index (Phi) is 9.40. The van der Waals surface area contributed by atoms with Gasteiger partial charge < -0.3 is 24.6 Å². The zero-order chi connectivity index (χ0) is 17.6. The van der Waals surface area contributed by atoms with Crippen LogP contribution >= 0.6 is 24.0 Å². The lowest BCUT2D eigenvalue weighted by Crippen LogP contribution is -2.54. The van der Waals surface area contributed by atoms with Crippen molar-refractivity contribution in [2.75, 3.05) is 59.5 Å². The molecule has 4 unspecified atom stereocenters. The van der Waals surface area contributed by atoms with Gasteiger partial charge in [-0.2, -0.15) is 0 Å². The first-order chi connectivity index (χ1) is 12.2. The Hall–Kier alpha value is -0.120. The van der Waals surface area contributed by atoms with Crippen LogP contribution < -0.4 is 5.32 Å². The third kappa shape index (κ3) is 6.21. The molecule has 6 nitrogen and oxygen atoms in total. The molecule has 0 spiro atoms. The molecule has 0 amide bonds. The monoisotopic (exact) mass is 480 g/mol. The largest absolute Gasteiger partial charge is 0.375 e. The van der Waals surface area contributed by atoms with Crippen molar-refractivity contribution in [3.05, 3.63) is 0 Å². The minimum atomic E-state index is 0. The molecular weight excluding hydrogens is 443 g/mol. The summed E-state index contributed by atoms with van der Waals surface area (Å²) in [5.41, 5.74) is 0. The summed E-state index contributed by atoms with van der Waals surface area (Å²) in [5, 5.41) is 3.57. The summed E-state index contributed by atoms with van der Waals surface area (Å²) in [6, 6.07) is 0. The lowest BCUT2D eigenvalue weighted by atomic mass is 9.92. The predicted molar refractivity (Wildman–Crippen MR) is 116 cm³/mol. The van der Waals surface area contributed by atoms with Crippen LogP contribution in [0, 0.1) is 11.8 Å². The molecule has 3 aliphatic rings. The van der Waals surface area contributed by atoms with Gasteiger partial charge in [0, 0.05) is 52.9 Å². The van der Waals surface area contributed by atoms with E-state index in [1.54, 1.807) is 0 Å². The second-order valence-electron chi connectivity index (χ2n) is 8.09. The van der Waals surface area contributed by atoms with E-state index in [-0.39, 0.29) is 36.2 Å². The van der Waals surface area contributed by atoms with Gasteiger partial charge in [0.1, 0.15) is 6.10 Å². The molecule has 3 aliphatic heterocycles. The SMILES string of the molecule is CN=C(NCCN1CC(C)CC(C)C1)N1CCOC(C2CCCO2)C1.I. The molecule has 0 aromatic rings. The molecule has 0 radical (unpaired) electrons. The van der Waals surface area contributed by atoms with Crippen molar-refractivity contribution in [1.29, 1.82) is 0 Å². The van der Waals surface area contributed by atoms with Crippen LogP contribution in [0.3, 0.4) is 0 Å². The van der Waals surface area contributed by atoms with Gasteiger partial charge in [0.15, 0.2) is 5.96 Å². The second-order valence-corrected chi connectivity index (χ2v) is 8.09. The zero-order valence-electron chi connectivity index (χ0n) is 16.7. The van der Waals surface area contributed by atoms with E-state index in [1.165, 1.54) is 19.5 Å². The van der Waals surface area contributed by atoms with Crippen molar-refractivity contribution in [2.45, 2.75) is 45.3 Å². The molecule has 0 aromatic carbocycles. The standard InChI is InChI=1S/C19H36N4O2.HI/c1-15-11-16(2)13-22(12-15)7-6-21-19(20-3)23-8-10-25-18(14-23)17-5-4-9-24-17;/h15-18H,4-14H2,1-3H3,(H,20,21);1H. The second kappa shape index (κ2) is 11.0. The first-order valence-electron chi connectivity index (χ1n) is 10.1. The highest BCUT2D eigenvalue weighted by Gasteiger charge is 2.32. The van der Waals surface area contributed by atoms with Crippen molar-refractivity contribution in [3.63, 3.8) is 0 Å². The third-order valence-electron chi connectivity index (χ3n) is 5.64. The lowest BCUT2D eigenvalue weighted by molar-refractivity contribution is -0.0817. The number of hydrogen-bond acceptors (Lipinski definition) is 4. The summed E-state index contributed by atoms with van der Waals surface area (Å²) in [6.45, 7) is 12.6. The summed E-state index contributed by atoms with van der Waals surface area (Å²) in [7, 11) is 1.88. The van der Waals surface area contributed by atoms with Gasteiger partial charge in [0.25, 0.3) is 0 Å². The van der Waals surface area contributed by atoms with Gasteiger partial charge in [0.2, 0.25) is 0 Å². The van der Waals surface area contributed by atoms with Gasteiger partial charge in [-0.25, -0.2) is 0 Å². The molecule has 3 heterocycles. The van der Waals surface area contributed by atoms with Crippen molar-refractivity contribution in [2.24, 2.45) is 16.8 Å². The summed E-state index contributed by atoms with van der Waals surface area (Å²) < 4.78 is 11.8. The van der Waals surface area contributed by atoms with Crippen LogP contribution in [0.2, 0.25) is 0 Å². The summed E-state index contributed by atoms with van der Waals surface area (Å²) in [4.78, 5) is 9.42. The molecule has 26 heavy (non-hydrogen) atoms. The number of ether oxygens (including phenoxy) is 2. The predicted octanol–water partition coefficient (Wildman–Crippen LogP) is 2.04. The average molecular weight is 480 g/mol. The molecule has 0 bridgehead atoms. The molecule has 3 fully saturated rings. The van der Waals surface area contributed by atoms with Crippen molar-refractivity contribution in [1.82, 2.24) is 15.1 Å². The van der Waals surface area contributed by atoms with E-state index in [0.29, 0.717) is 0 Å². The van der Waals surface area contributed by atoms with Crippen molar-refractivity contribution in [3.8, 4) is 0 Å². The van der Waals surface area contributed by atoms with Crippen LogP contribution in [0.25, 0.3) is 0 Å². The molecule has 4 atom stereocenters. The molecule has 3 rings (SSSR count). The number of hydrogen-bond donors (Lipinski definition) is 1. The van der Waals surface area contributed by atoms with Crippen molar-refractivity contribution >= 4 is 29.9 Å². The van der Waals surface area contributed by atoms with Gasteiger partial charge in [-0.1, -0.05) is 13.8 Å². The fourth-order valence-corrected chi connectivity index (χ4v) is 4.62. The highest BCUT2D eigenvalue weighted by atomic mass is 127. The Morgan fingerprint density at radius 3 is 2.46 bits per heavy atom. The van der Waals surface area contributed by atoms with E-state index in [4.69, 9.17) is 9.47 Å². The first-order valence-corrected chi connectivity index (χ1v) is 10.1. The molecule has 0 aromatic heterocycles. The minimum absolute atomic E-state index is 0. The van der Waals surface area contributed by atoms with Gasteiger partial charge in [-0.3, -0.25) is 4.99 Å². The number of rotatable bonds is 4. The van der Waals surface area contributed by atoms with Crippen molar-refractivity contribution < 1.29 is 9.47 Å². The number of halogens is 1. The normalized spacial score (nSPS) is 33.8. The summed E-state index contributed by atoms with van der Waals surface area (Å²) in [6.07, 6.45) is 4.08. The van der Waals surface area contributed by atoms with E-state index < -0.39 is 0 Å². The molecule has 3 saturated heterocycles. The van der Waals surface area contributed by atoms with Crippen LogP contribution in [0.15, 0.2) is 4.99 Å². The number of nitrogens with zero attached hydrogens (tertiary/aromatic N) is 3. The first kappa shape index (κ1) is 22.2. The Balaban J connectivity index is 0.00000243. The Morgan fingerprint density at radius 2 is 1.81 bits per heavy atom. The Morgan fingerprint density at radius 1 is 1.08 bits per heavy atom. The van der Waals surface area contributed by atoms with Crippen LogP contribution in [0.4, 0.5) is 0 Å². The maximum Gasteiger partial charge on any atom is 0.193 e. The maximum atomic E-state index is 5.95. The van der Waals surface area contributed by atoms with Gasteiger partial charge in [0.05, 0.1) is 12.7 Å². The third-order valence-corrected chi connectivity index (χ3v) is 5.64. The number of nitrogens with one attached hydrogen (secondary N) is 1. The molecule has 152 valence electrons. The van der Waals surface area contributed by atoms with E-state index in [2.05, 4.69) is 34.0 Å². The van der Waals surface area contributed by atoms with E-state index in [9.17, 15) is 0 Å². The summed E-state index contributed by atoms with van der Waals surface area (Å²) in [5.74, 6) is 2.63. The van der Waals surface area contributed by atoms with Crippen LogP contribution in [0.1, 0.15) is 33.1 Å². The fourth-order valence-electron chi connectivity index (χ4n) is 4.62. The number of likely N-dealkylation sites (tertiary alicyclic amines) is 1. The van der Waals surface area contributed by atoms with E-state index in [1.807, 2.05) is 7.05 Å². The summed E-state index contributed by atoms with van der Waals surface area (Å²) >= 11 is 0. The Labute approximate surface area is 176 Å². The Bertz CT molecular complexity index is 435. The minimum Gasteiger partial charge on any atom is -0.375 e. The topological polar surface area (TPSA) is 49.3 Å². The molecule has 1 N–H and O–H groups in total. The van der Waals surface area contributed by atoms with Gasteiger partial charge in [-0.05, 0) is 31.1 Å². The highest BCUT2D eigenvalue weighted by molar-refractivity contribution is 14.0. The van der Waals surface area contributed by atoms with Gasteiger partial charge >= 0.3 is 0 Å². The average Bonchev–Trinajstić information content (AvgIpc) is 3.13. The number of morpholine rings is 1. The van der Waals surface area contributed by atoms with E-state index >= 15 is 0 Å².